The Labute approximate surface area is 163 Å². The summed E-state index contributed by atoms with van der Waals surface area (Å²) in [7, 11) is 1.29. The first kappa shape index (κ1) is 19.7. The van der Waals surface area contributed by atoms with E-state index >= 15 is 0 Å². The average Bonchev–Trinajstić information content (AvgIpc) is 3.39. The minimum absolute atomic E-state index is 0.00320. The first-order valence-electron chi connectivity index (χ1n) is 9.39. The highest BCUT2D eigenvalue weighted by atomic mass is 16.5. The quantitative estimate of drug-likeness (QED) is 0.712. The average molecular weight is 384 g/mol. The Morgan fingerprint density at radius 1 is 1.18 bits per heavy atom. The molecule has 1 aliphatic carbocycles. The third-order valence-corrected chi connectivity index (χ3v) is 4.86. The molecule has 1 aromatic heterocycles. The van der Waals surface area contributed by atoms with Crippen molar-refractivity contribution >= 4 is 23.5 Å². The number of furan rings is 1. The molecule has 0 atom stereocenters. The van der Waals surface area contributed by atoms with Crippen molar-refractivity contribution in [2.75, 3.05) is 12.4 Å². The van der Waals surface area contributed by atoms with E-state index in [-0.39, 0.29) is 18.2 Å². The van der Waals surface area contributed by atoms with Crippen molar-refractivity contribution in [2.24, 2.45) is 5.92 Å². The summed E-state index contributed by atoms with van der Waals surface area (Å²) >= 11 is 0. The molecule has 1 saturated carbocycles. The van der Waals surface area contributed by atoms with Gasteiger partial charge in [0.15, 0.2) is 5.76 Å². The van der Waals surface area contributed by atoms with Crippen LogP contribution in [0, 0.1) is 5.92 Å². The fourth-order valence-electron chi connectivity index (χ4n) is 3.45. The molecular formula is C21H24N2O5. The normalized spacial score (nSPS) is 13.9. The molecule has 1 aromatic carbocycles. The summed E-state index contributed by atoms with van der Waals surface area (Å²) in [6, 6.07) is 8.04. The van der Waals surface area contributed by atoms with Gasteiger partial charge in [-0.05, 0) is 54.7 Å². The zero-order valence-corrected chi connectivity index (χ0v) is 15.8. The van der Waals surface area contributed by atoms with Gasteiger partial charge in [0.2, 0.25) is 5.91 Å². The van der Waals surface area contributed by atoms with Crippen LogP contribution >= 0.6 is 0 Å². The van der Waals surface area contributed by atoms with E-state index in [0.29, 0.717) is 29.2 Å². The summed E-state index contributed by atoms with van der Waals surface area (Å²) in [5.41, 5.74) is 1.40. The number of methoxy groups -OCH3 is 1. The first-order valence-corrected chi connectivity index (χ1v) is 9.39. The van der Waals surface area contributed by atoms with E-state index in [2.05, 4.69) is 10.6 Å². The molecule has 7 nitrogen and oxygen atoms in total. The van der Waals surface area contributed by atoms with Crippen molar-refractivity contribution in [2.45, 2.75) is 38.6 Å². The van der Waals surface area contributed by atoms with Crippen LogP contribution in [0.5, 0.6) is 0 Å². The van der Waals surface area contributed by atoms with E-state index in [1.807, 2.05) is 0 Å². The third-order valence-electron chi connectivity index (χ3n) is 4.86. The Morgan fingerprint density at radius 3 is 2.64 bits per heavy atom. The highest BCUT2D eigenvalue weighted by molar-refractivity contribution is 6.03. The van der Waals surface area contributed by atoms with Crippen LogP contribution < -0.4 is 10.6 Å². The van der Waals surface area contributed by atoms with E-state index in [9.17, 15) is 14.4 Å². The maximum atomic E-state index is 12.2. The van der Waals surface area contributed by atoms with Gasteiger partial charge >= 0.3 is 5.97 Å². The Morgan fingerprint density at radius 2 is 1.96 bits per heavy atom. The first-order chi connectivity index (χ1) is 13.5. The van der Waals surface area contributed by atoms with Gasteiger partial charge in [-0.15, -0.1) is 0 Å². The summed E-state index contributed by atoms with van der Waals surface area (Å²) in [5, 5.41) is 5.59. The lowest BCUT2D eigenvalue weighted by Gasteiger charge is -2.12. The minimum Gasteiger partial charge on any atom is -0.465 e. The molecule has 1 heterocycles. The molecule has 1 aliphatic rings. The molecule has 3 rings (SSSR count). The van der Waals surface area contributed by atoms with Gasteiger partial charge in [0.1, 0.15) is 0 Å². The predicted octanol–water partition coefficient (Wildman–Crippen LogP) is 3.52. The predicted molar refractivity (Wildman–Crippen MR) is 103 cm³/mol. The number of amides is 2. The zero-order valence-electron chi connectivity index (χ0n) is 15.8. The smallest absolute Gasteiger partial charge is 0.337 e. The van der Waals surface area contributed by atoms with Crippen LogP contribution in [-0.2, 0) is 16.1 Å². The van der Waals surface area contributed by atoms with Crippen molar-refractivity contribution in [3.05, 3.63) is 53.5 Å². The number of esters is 1. The molecule has 28 heavy (non-hydrogen) atoms. The maximum absolute atomic E-state index is 12.2. The summed E-state index contributed by atoms with van der Waals surface area (Å²) in [6.07, 6.45) is 6.53. The summed E-state index contributed by atoms with van der Waals surface area (Å²) in [6.45, 7) is 0.264. The fourth-order valence-corrected chi connectivity index (χ4v) is 3.45. The number of carbonyl (C=O) groups is 3. The fraction of sp³-hybridized carbons (Fsp3) is 0.381. The second-order valence-corrected chi connectivity index (χ2v) is 6.97. The molecule has 0 unspecified atom stereocenters. The van der Waals surface area contributed by atoms with Gasteiger partial charge in [0, 0.05) is 18.7 Å². The number of carbonyl (C=O) groups excluding carboxylic acids is 3. The lowest BCUT2D eigenvalue weighted by molar-refractivity contribution is -0.122. The monoisotopic (exact) mass is 384 g/mol. The summed E-state index contributed by atoms with van der Waals surface area (Å²) < 4.78 is 9.86. The molecule has 2 aromatic rings. The van der Waals surface area contributed by atoms with Gasteiger partial charge in [0.05, 0.1) is 18.9 Å². The van der Waals surface area contributed by atoms with Gasteiger partial charge < -0.3 is 19.8 Å². The van der Waals surface area contributed by atoms with Crippen LogP contribution in [0.3, 0.4) is 0 Å². The Balaban J connectivity index is 1.69. The number of hydrogen-bond donors (Lipinski definition) is 2. The van der Waals surface area contributed by atoms with E-state index in [1.54, 1.807) is 24.3 Å². The number of rotatable bonds is 7. The van der Waals surface area contributed by atoms with Crippen molar-refractivity contribution in [3.8, 4) is 0 Å². The molecule has 0 saturated heterocycles. The highest BCUT2D eigenvalue weighted by Gasteiger charge is 2.18. The van der Waals surface area contributed by atoms with Gasteiger partial charge in [-0.1, -0.05) is 12.8 Å². The van der Waals surface area contributed by atoms with Crippen LogP contribution in [0.1, 0.15) is 58.6 Å². The molecular weight excluding hydrogens is 360 g/mol. The molecule has 148 valence electrons. The number of hydrogen-bond acceptors (Lipinski definition) is 5. The van der Waals surface area contributed by atoms with E-state index in [1.165, 1.54) is 32.3 Å². The Kier molecular flexibility index (Phi) is 6.47. The van der Waals surface area contributed by atoms with E-state index in [0.717, 1.165) is 12.8 Å². The van der Waals surface area contributed by atoms with Crippen molar-refractivity contribution in [1.29, 1.82) is 0 Å². The van der Waals surface area contributed by atoms with Gasteiger partial charge in [0.25, 0.3) is 5.91 Å². The molecule has 2 amide bonds. The minimum atomic E-state index is -0.521. The highest BCUT2D eigenvalue weighted by Crippen LogP contribution is 2.27. The molecule has 0 spiro atoms. The molecule has 2 N–H and O–H groups in total. The van der Waals surface area contributed by atoms with Gasteiger partial charge in [-0.25, -0.2) is 4.79 Å². The standard InChI is InChI=1S/C21H24N2O5/c1-27-21(26)16-9-15(13-22-19(24)11-14-5-2-3-6-14)10-17(12-16)23-20(25)18-7-4-8-28-18/h4,7-10,12,14H,2-3,5-6,11,13H2,1H3,(H,22,24)(H,23,25). The molecule has 1 fully saturated rings. The second kappa shape index (κ2) is 9.21. The Bertz CT molecular complexity index is 838. The summed E-state index contributed by atoms with van der Waals surface area (Å²) in [4.78, 5) is 36.3. The van der Waals surface area contributed by atoms with Crippen LogP contribution in [0.2, 0.25) is 0 Å². The van der Waals surface area contributed by atoms with Crippen LogP contribution in [-0.4, -0.2) is 24.9 Å². The van der Waals surface area contributed by atoms with Gasteiger partial charge in [-0.2, -0.15) is 0 Å². The zero-order chi connectivity index (χ0) is 19.9. The SMILES string of the molecule is COC(=O)c1cc(CNC(=O)CC2CCCC2)cc(NC(=O)c2ccco2)c1. The van der Waals surface area contributed by atoms with Crippen LogP contribution in [0.4, 0.5) is 5.69 Å². The van der Waals surface area contributed by atoms with E-state index in [4.69, 9.17) is 9.15 Å². The lowest BCUT2D eigenvalue weighted by atomic mass is 10.0. The molecule has 0 aliphatic heterocycles. The van der Waals surface area contributed by atoms with Gasteiger partial charge in [-0.3, -0.25) is 9.59 Å². The maximum Gasteiger partial charge on any atom is 0.337 e. The second-order valence-electron chi connectivity index (χ2n) is 6.97. The largest absolute Gasteiger partial charge is 0.465 e. The van der Waals surface area contributed by atoms with Crippen molar-refractivity contribution < 1.29 is 23.5 Å². The summed E-state index contributed by atoms with van der Waals surface area (Å²) in [5.74, 6) is -0.327. The van der Waals surface area contributed by atoms with Crippen molar-refractivity contribution in [1.82, 2.24) is 5.32 Å². The number of ether oxygens (including phenoxy) is 1. The lowest BCUT2D eigenvalue weighted by Crippen LogP contribution is -2.24. The van der Waals surface area contributed by atoms with E-state index < -0.39 is 11.9 Å². The van der Waals surface area contributed by atoms with Crippen LogP contribution in [0.15, 0.2) is 41.0 Å². The number of benzene rings is 1. The Hall–Kier alpha value is -3.09. The van der Waals surface area contributed by atoms with Crippen molar-refractivity contribution in [3.63, 3.8) is 0 Å². The van der Waals surface area contributed by atoms with Crippen LogP contribution in [0.25, 0.3) is 0 Å². The number of nitrogens with one attached hydrogen (secondary N) is 2. The topological polar surface area (TPSA) is 97.6 Å². The molecule has 7 heteroatoms. The molecule has 0 radical (unpaired) electrons. The molecule has 0 bridgehead atoms. The third kappa shape index (κ3) is 5.22. The number of anilines is 1.